The third-order valence-corrected chi connectivity index (χ3v) is 3.96. The highest BCUT2D eigenvalue weighted by Gasteiger charge is 2.19. The molecule has 0 saturated carbocycles. The first-order valence-corrected chi connectivity index (χ1v) is 6.58. The highest BCUT2D eigenvalue weighted by atomic mass is 32.1. The van der Waals surface area contributed by atoms with Crippen molar-refractivity contribution in [3.63, 3.8) is 0 Å². The van der Waals surface area contributed by atoms with Gasteiger partial charge < -0.3 is 5.11 Å². The zero-order chi connectivity index (χ0) is 12.3. The molecule has 0 atom stereocenters. The SMILES string of the molecule is Cc1ncsc1CN1CCN(CC(=O)O)CC1. The summed E-state index contributed by atoms with van der Waals surface area (Å²) >= 11 is 1.69. The minimum atomic E-state index is -0.739. The largest absolute Gasteiger partial charge is 0.480 e. The maximum Gasteiger partial charge on any atom is 0.317 e. The topological polar surface area (TPSA) is 56.7 Å². The van der Waals surface area contributed by atoms with Crippen LogP contribution in [-0.2, 0) is 11.3 Å². The molecule has 5 nitrogen and oxygen atoms in total. The molecule has 0 bridgehead atoms. The Balaban J connectivity index is 1.79. The lowest BCUT2D eigenvalue weighted by atomic mass is 10.3. The fourth-order valence-electron chi connectivity index (χ4n) is 1.98. The Hall–Kier alpha value is -0.980. The van der Waals surface area contributed by atoms with Crippen molar-refractivity contribution in [2.24, 2.45) is 0 Å². The monoisotopic (exact) mass is 255 g/mol. The molecule has 1 aromatic heterocycles. The van der Waals surface area contributed by atoms with Crippen LogP contribution in [0.1, 0.15) is 10.6 Å². The minimum absolute atomic E-state index is 0.160. The summed E-state index contributed by atoms with van der Waals surface area (Å²) in [5.41, 5.74) is 2.99. The van der Waals surface area contributed by atoms with Crippen molar-refractivity contribution in [2.75, 3.05) is 32.7 Å². The van der Waals surface area contributed by atoms with Gasteiger partial charge in [0.05, 0.1) is 17.7 Å². The molecule has 1 fully saturated rings. The highest BCUT2D eigenvalue weighted by molar-refractivity contribution is 7.09. The number of nitrogens with zero attached hydrogens (tertiary/aromatic N) is 3. The molecule has 6 heteroatoms. The lowest BCUT2D eigenvalue weighted by Gasteiger charge is -2.33. The molecule has 0 amide bonds. The molecule has 0 radical (unpaired) electrons. The number of thiazole rings is 1. The first-order valence-electron chi connectivity index (χ1n) is 5.70. The summed E-state index contributed by atoms with van der Waals surface area (Å²) in [6.07, 6.45) is 0. The maximum atomic E-state index is 10.6. The molecule has 0 aliphatic carbocycles. The number of carboxylic acids is 1. The van der Waals surface area contributed by atoms with Gasteiger partial charge in [-0.1, -0.05) is 0 Å². The summed E-state index contributed by atoms with van der Waals surface area (Å²) in [7, 11) is 0. The van der Waals surface area contributed by atoms with Gasteiger partial charge in [-0.3, -0.25) is 14.6 Å². The zero-order valence-corrected chi connectivity index (χ0v) is 10.7. The lowest BCUT2D eigenvalue weighted by molar-refractivity contribution is -0.138. The van der Waals surface area contributed by atoms with Crippen LogP contribution in [0.5, 0.6) is 0 Å². The molecule has 1 aliphatic rings. The number of hydrogen-bond donors (Lipinski definition) is 1. The van der Waals surface area contributed by atoms with Gasteiger partial charge in [0.25, 0.3) is 0 Å². The maximum absolute atomic E-state index is 10.6. The Bertz CT molecular complexity index is 386. The van der Waals surface area contributed by atoms with E-state index in [1.807, 2.05) is 17.3 Å². The summed E-state index contributed by atoms with van der Waals surface area (Å²) < 4.78 is 0. The lowest BCUT2D eigenvalue weighted by Crippen LogP contribution is -2.47. The first-order chi connectivity index (χ1) is 8.15. The van der Waals surface area contributed by atoms with Gasteiger partial charge in [0, 0.05) is 37.6 Å². The summed E-state index contributed by atoms with van der Waals surface area (Å²) in [6, 6.07) is 0. The van der Waals surface area contributed by atoms with E-state index in [0.717, 1.165) is 38.4 Å². The summed E-state index contributed by atoms with van der Waals surface area (Å²) in [4.78, 5) is 20.5. The molecule has 1 saturated heterocycles. The van der Waals surface area contributed by atoms with Crippen molar-refractivity contribution in [3.05, 3.63) is 16.1 Å². The normalized spacial score (nSPS) is 18.4. The number of carbonyl (C=O) groups is 1. The van der Waals surface area contributed by atoms with E-state index in [0.29, 0.717) is 0 Å². The van der Waals surface area contributed by atoms with Gasteiger partial charge >= 0.3 is 5.97 Å². The molecule has 2 heterocycles. The van der Waals surface area contributed by atoms with E-state index in [4.69, 9.17) is 5.11 Å². The van der Waals surface area contributed by atoms with Gasteiger partial charge in [-0.25, -0.2) is 4.98 Å². The third kappa shape index (κ3) is 3.49. The molecule has 94 valence electrons. The Morgan fingerprint density at radius 3 is 2.59 bits per heavy atom. The van der Waals surface area contributed by atoms with Gasteiger partial charge in [-0.05, 0) is 6.92 Å². The van der Waals surface area contributed by atoms with Gasteiger partial charge in [-0.2, -0.15) is 0 Å². The average Bonchev–Trinajstić information content (AvgIpc) is 2.67. The molecule has 17 heavy (non-hydrogen) atoms. The Morgan fingerprint density at radius 1 is 1.41 bits per heavy atom. The van der Waals surface area contributed by atoms with Crippen LogP contribution in [0.25, 0.3) is 0 Å². The molecule has 1 aromatic rings. The zero-order valence-electron chi connectivity index (χ0n) is 9.93. The van der Waals surface area contributed by atoms with Gasteiger partial charge in [-0.15, -0.1) is 11.3 Å². The molecule has 1 aliphatic heterocycles. The number of piperazine rings is 1. The number of rotatable bonds is 4. The fraction of sp³-hybridized carbons (Fsp3) is 0.636. The smallest absolute Gasteiger partial charge is 0.317 e. The summed E-state index contributed by atoms with van der Waals surface area (Å²) in [5.74, 6) is -0.739. The van der Waals surface area contributed by atoms with Crippen LogP contribution in [0.3, 0.4) is 0 Å². The van der Waals surface area contributed by atoms with Gasteiger partial charge in [0.2, 0.25) is 0 Å². The third-order valence-electron chi connectivity index (χ3n) is 3.04. The predicted octanol–water partition coefficient (Wildman–Crippen LogP) is 0.654. The number of aromatic nitrogens is 1. The van der Waals surface area contributed by atoms with Crippen molar-refractivity contribution in [1.82, 2.24) is 14.8 Å². The second kappa shape index (κ2) is 5.57. The van der Waals surface area contributed by atoms with Crippen molar-refractivity contribution in [1.29, 1.82) is 0 Å². The van der Waals surface area contributed by atoms with Crippen LogP contribution < -0.4 is 0 Å². The standard InChI is InChI=1S/C11H17N3O2S/c1-9-10(17-8-12-9)6-13-2-4-14(5-3-13)7-11(15)16/h8H,2-7H2,1H3,(H,15,16). The average molecular weight is 255 g/mol. The number of aryl methyl sites for hydroxylation is 1. The van der Waals surface area contributed by atoms with Crippen LogP contribution in [0.4, 0.5) is 0 Å². The van der Waals surface area contributed by atoms with Crippen LogP contribution in [0.2, 0.25) is 0 Å². The van der Waals surface area contributed by atoms with Crippen molar-refractivity contribution < 1.29 is 9.90 Å². The molecule has 1 N–H and O–H groups in total. The molecule has 2 rings (SSSR count). The van der Waals surface area contributed by atoms with Crippen molar-refractivity contribution in [2.45, 2.75) is 13.5 Å². The van der Waals surface area contributed by atoms with Crippen LogP contribution >= 0.6 is 11.3 Å². The number of hydrogen-bond acceptors (Lipinski definition) is 5. The highest BCUT2D eigenvalue weighted by Crippen LogP contribution is 2.16. The second-order valence-corrected chi connectivity index (χ2v) is 5.25. The van der Waals surface area contributed by atoms with E-state index in [-0.39, 0.29) is 6.54 Å². The van der Waals surface area contributed by atoms with Crippen molar-refractivity contribution >= 4 is 17.3 Å². The van der Waals surface area contributed by atoms with Gasteiger partial charge in [0.15, 0.2) is 0 Å². The van der Waals surface area contributed by atoms with Crippen LogP contribution in [0.15, 0.2) is 5.51 Å². The van der Waals surface area contributed by atoms with E-state index >= 15 is 0 Å². The van der Waals surface area contributed by atoms with Gasteiger partial charge in [0.1, 0.15) is 0 Å². The predicted molar refractivity (Wildman–Crippen MR) is 66.2 cm³/mol. The van der Waals surface area contributed by atoms with Crippen LogP contribution in [-0.4, -0.2) is 58.6 Å². The van der Waals surface area contributed by atoms with E-state index in [1.54, 1.807) is 11.3 Å². The molecule has 0 aromatic carbocycles. The fourth-order valence-corrected chi connectivity index (χ4v) is 2.80. The molecule has 0 spiro atoms. The summed E-state index contributed by atoms with van der Waals surface area (Å²) in [6.45, 7) is 6.68. The molecular weight excluding hydrogens is 238 g/mol. The first kappa shape index (κ1) is 12.5. The Morgan fingerprint density at radius 2 is 2.06 bits per heavy atom. The minimum Gasteiger partial charge on any atom is -0.480 e. The summed E-state index contributed by atoms with van der Waals surface area (Å²) in [5, 5.41) is 8.71. The molecule has 0 unspecified atom stereocenters. The van der Waals surface area contributed by atoms with Crippen LogP contribution in [0, 0.1) is 6.92 Å². The second-order valence-electron chi connectivity index (χ2n) is 4.31. The van der Waals surface area contributed by atoms with E-state index in [1.165, 1.54) is 4.88 Å². The quantitative estimate of drug-likeness (QED) is 0.856. The Kier molecular flexibility index (Phi) is 4.09. The molecular formula is C11H17N3O2S. The van der Waals surface area contributed by atoms with E-state index in [9.17, 15) is 4.79 Å². The number of aliphatic carboxylic acids is 1. The number of carboxylic acid groups (broad SMARTS) is 1. The van der Waals surface area contributed by atoms with Crippen molar-refractivity contribution in [3.8, 4) is 0 Å². The van der Waals surface area contributed by atoms with E-state index in [2.05, 4.69) is 9.88 Å². The van der Waals surface area contributed by atoms with E-state index < -0.39 is 5.97 Å². The Labute approximate surface area is 105 Å².